The number of fused-ring (bicyclic) bond motifs is 3. The number of imidazole rings is 1. The van der Waals surface area contributed by atoms with Gasteiger partial charge in [-0.3, -0.25) is 9.13 Å². The highest BCUT2D eigenvalue weighted by atomic mass is 32.1. The summed E-state index contributed by atoms with van der Waals surface area (Å²) in [7, 11) is 0. The molecule has 2 atom stereocenters. The molecule has 1 N–H and O–H groups in total. The largest absolute Gasteiger partial charge is 0.346 e. The number of hydrogen-bond donors (Lipinski definition) is 1. The number of aromatic amines is 1. The molecule has 33 heavy (non-hydrogen) atoms. The molecule has 1 aromatic carbocycles. The van der Waals surface area contributed by atoms with Gasteiger partial charge in [0.2, 0.25) is 0 Å². The maximum atomic E-state index is 13.8. The number of H-pyrrole nitrogens is 1. The second kappa shape index (κ2) is 7.95. The molecule has 0 amide bonds. The van der Waals surface area contributed by atoms with E-state index in [1.165, 1.54) is 29.9 Å². The van der Waals surface area contributed by atoms with Gasteiger partial charge in [0.15, 0.2) is 0 Å². The fraction of sp³-hybridized carbons (Fsp3) is 0.320. The van der Waals surface area contributed by atoms with E-state index in [1.54, 1.807) is 22.9 Å². The average molecular weight is 462 g/mol. The van der Waals surface area contributed by atoms with E-state index >= 15 is 0 Å². The van der Waals surface area contributed by atoms with Crippen molar-refractivity contribution in [2.45, 2.75) is 45.2 Å². The molecule has 0 unspecified atom stereocenters. The van der Waals surface area contributed by atoms with Crippen molar-refractivity contribution >= 4 is 33.4 Å². The van der Waals surface area contributed by atoms with Crippen LogP contribution in [0.25, 0.3) is 32.6 Å². The minimum Gasteiger partial charge on any atom is -0.346 e. The van der Waals surface area contributed by atoms with Crippen LogP contribution in [0.5, 0.6) is 0 Å². The van der Waals surface area contributed by atoms with E-state index in [0.29, 0.717) is 12.5 Å². The van der Waals surface area contributed by atoms with E-state index in [-0.39, 0.29) is 17.5 Å². The highest BCUT2D eigenvalue weighted by molar-refractivity contribution is 7.13. The van der Waals surface area contributed by atoms with Crippen molar-refractivity contribution in [3.63, 3.8) is 0 Å². The Morgan fingerprint density at radius 3 is 2.82 bits per heavy atom. The molecule has 0 bridgehead atoms. The average Bonchev–Trinajstić information content (AvgIpc) is 3.54. The molecule has 0 aliphatic heterocycles. The second-order valence-corrected chi connectivity index (χ2v) is 9.81. The van der Waals surface area contributed by atoms with Crippen LogP contribution in [0.1, 0.15) is 44.3 Å². The highest BCUT2D eigenvalue weighted by Gasteiger charge is 2.29. The number of hydrogen-bond acceptors (Lipinski definition) is 4. The number of benzene rings is 1. The second-order valence-electron chi connectivity index (χ2n) is 8.95. The first-order valence-electron chi connectivity index (χ1n) is 11.4. The van der Waals surface area contributed by atoms with Crippen LogP contribution in [0, 0.1) is 11.7 Å². The lowest BCUT2D eigenvalue weighted by Crippen LogP contribution is -2.32. The summed E-state index contributed by atoms with van der Waals surface area (Å²) in [5.74, 6) is 0.178. The number of aromatic nitrogens is 5. The zero-order valence-corrected chi connectivity index (χ0v) is 19.1. The van der Waals surface area contributed by atoms with E-state index in [9.17, 15) is 9.18 Å². The summed E-state index contributed by atoms with van der Waals surface area (Å²) in [6.07, 6.45) is 8.19. The van der Waals surface area contributed by atoms with Crippen LogP contribution >= 0.6 is 11.3 Å². The van der Waals surface area contributed by atoms with Gasteiger partial charge in [-0.15, -0.1) is 11.3 Å². The van der Waals surface area contributed by atoms with E-state index in [2.05, 4.69) is 16.9 Å². The van der Waals surface area contributed by atoms with Gasteiger partial charge in [0, 0.05) is 28.6 Å². The Labute approximate surface area is 193 Å². The quantitative estimate of drug-likeness (QED) is 0.371. The van der Waals surface area contributed by atoms with Gasteiger partial charge in [-0.05, 0) is 49.1 Å². The molecule has 0 saturated heterocycles. The monoisotopic (exact) mass is 461 g/mol. The third kappa shape index (κ3) is 3.40. The van der Waals surface area contributed by atoms with Crippen LogP contribution in [0.15, 0.2) is 52.9 Å². The minimum atomic E-state index is -0.268. The van der Waals surface area contributed by atoms with Gasteiger partial charge in [0.25, 0.3) is 0 Å². The lowest BCUT2D eigenvalue weighted by atomic mass is 9.85. The number of thiazole rings is 1. The summed E-state index contributed by atoms with van der Waals surface area (Å²) < 4.78 is 17.1. The van der Waals surface area contributed by atoms with Crippen LogP contribution in [0.2, 0.25) is 0 Å². The number of halogens is 1. The van der Waals surface area contributed by atoms with Crippen molar-refractivity contribution in [3.8, 4) is 10.6 Å². The van der Waals surface area contributed by atoms with Gasteiger partial charge in [0.1, 0.15) is 16.5 Å². The molecule has 0 radical (unpaired) electrons. The maximum absolute atomic E-state index is 13.8. The predicted octanol–water partition coefficient (Wildman–Crippen LogP) is 5.74. The molecule has 5 aromatic rings. The maximum Gasteiger partial charge on any atom is 0.329 e. The topological polar surface area (TPSA) is 68.5 Å². The SMILES string of the molecule is C[C@@H]1CCCC[C@@H]1n1c(=O)n(Cc2csc(-c3ccc(F)cc3)n2)c2cnc3[nH]ccc3c21. The van der Waals surface area contributed by atoms with E-state index in [4.69, 9.17) is 4.98 Å². The summed E-state index contributed by atoms with van der Waals surface area (Å²) in [6.45, 7) is 2.63. The fourth-order valence-corrected chi connectivity index (χ4v) is 5.99. The van der Waals surface area contributed by atoms with Crippen LogP contribution in [0.4, 0.5) is 4.39 Å². The van der Waals surface area contributed by atoms with Gasteiger partial charge >= 0.3 is 5.69 Å². The summed E-state index contributed by atoms with van der Waals surface area (Å²) in [5.41, 5.74) is 4.26. The number of pyridine rings is 1. The van der Waals surface area contributed by atoms with Gasteiger partial charge in [-0.2, -0.15) is 0 Å². The van der Waals surface area contributed by atoms with Crippen molar-refractivity contribution in [2.24, 2.45) is 5.92 Å². The standard InChI is InChI=1S/C25H24FN5OS/c1-15-4-2-3-5-20(15)31-22-19-10-11-27-23(19)28-12-21(22)30(25(31)32)13-18-14-33-24(29-18)16-6-8-17(26)9-7-16/h6-12,14-15,20H,2-5,13H2,1H3,(H,27,28)/t15-,20+/m1/s1. The molecule has 168 valence electrons. The minimum absolute atomic E-state index is 0.00409. The zero-order valence-electron chi connectivity index (χ0n) is 18.3. The van der Waals surface area contributed by atoms with Gasteiger partial charge in [-0.25, -0.2) is 19.2 Å². The highest BCUT2D eigenvalue weighted by Crippen LogP contribution is 2.36. The first kappa shape index (κ1) is 20.4. The molecule has 1 fully saturated rings. The smallest absolute Gasteiger partial charge is 0.329 e. The summed E-state index contributed by atoms with van der Waals surface area (Å²) in [4.78, 5) is 26.3. The van der Waals surface area contributed by atoms with Crippen LogP contribution in [-0.2, 0) is 6.54 Å². The summed E-state index contributed by atoms with van der Waals surface area (Å²) in [6, 6.07) is 8.52. The van der Waals surface area contributed by atoms with Gasteiger partial charge < -0.3 is 4.98 Å². The normalized spacial score (nSPS) is 19.0. The van der Waals surface area contributed by atoms with Crippen LogP contribution < -0.4 is 5.69 Å². The number of rotatable bonds is 4. The molecule has 6 rings (SSSR count). The molecule has 1 aliphatic rings. The molecular formula is C25H24FN5OS. The van der Waals surface area contributed by atoms with Crippen molar-refractivity contribution in [2.75, 3.05) is 0 Å². The van der Waals surface area contributed by atoms with Crippen LogP contribution in [0.3, 0.4) is 0 Å². The van der Waals surface area contributed by atoms with Crippen molar-refractivity contribution in [1.82, 2.24) is 24.1 Å². The van der Waals surface area contributed by atoms with E-state index in [1.807, 2.05) is 22.2 Å². The van der Waals surface area contributed by atoms with Gasteiger partial charge in [-0.1, -0.05) is 19.8 Å². The Morgan fingerprint density at radius 1 is 1.18 bits per heavy atom. The molecule has 4 heterocycles. The Hall–Kier alpha value is -3.26. The molecule has 4 aromatic heterocycles. The number of nitrogens with one attached hydrogen (secondary N) is 1. The molecular weight excluding hydrogens is 437 g/mol. The predicted molar refractivity (Wildman–Crippen MR) is 129 cm³/mol. The molecule has 1 saturated carbocycles. The third-order valence-corrected chi connectivity index (χ3v) is 7.81. The summed E-state index contributed by atoms with van der Waals surface area (Å²) >= 11 is 1.50. The van der Waals surface area contributed by atoms with Gasteiger partial charge in [0.05, 0.1) is 29.5 Å². The zero-order chi connectivity index (χ0) is 22.5. The lowest BCUT2D eigenvalue weighted by molar-refractivity contribution is 0.256. The van der Waals surface area contributed by atoms with Crippen molar-refractivity contribution in [1.29, 1.82) is 0 Å². The first-order valence-corrected chi connectivity index (χ1v) is 12.3. The third-order valence-electron chi connectivity index (χ3n) is 6.87. The molecule has 1 aliphatic carbocycles. The van der Waals surface area contributed by atoms with Crippen molar-refractivity contribution in [3.05, 3.63) is 70.1 Å². The Bertz CT molecular complexity index is 1510. The number of nitrogens with zero attached hydrogens (tertiary/aromatic N) is 4. The van der Waals surface area contributed by atoms with E-state index in [0.717, 1.165) is 57.6 Å². The Balaban J connectivity index is 1.47. The lowest BCUT2D eigenvalue weighted by Gasteiger charge is -2.29. The first-order chi connectivity index (χ1) is 16.1. The molecule has 6 nitrogen and oxygen atoms in total. The fourth-order valence-electron chi connectivity index (χ4n) is 5.17. The van der Waals surface area contributed by atoms with Crippen LogP contribution in [-0.4, -0.2) is 24.1 Å². The summed E-state index contributed by atoms with van der Waals surface area (Å²) in [5, 5.41) is 3.76. The van der Waals surface area contributed by atoms with E-state index < -0.39 is 0 Å². The molecule has 0 spiro atoms. The molecule has 8 heteroatoms. The van der Waals surface area contributed by atoms with Crippen molar-refractivity contribution < 1.29 is 4.39 Å². The Morgan fingerprint density at radius 2 is 2.00 bits per heavy atom. The Kier molecular flexibility index (Phi) is 4.90.